The lowest BCUT2D eigenvalue weighted by Gasteiger charge is -2.55. The SMILES string of the molecule is Cn1cc(-c2cnc3c(-c4csc(C(=O)N5CC6(CNC6)C5)c4)cnn3c2)cn1. The van der Waals surface area contributed by atoms with Crippen molar-refractivity contribution in [1.29, 1.82) is 0 Å². The van der Waals surface area contributed by atoms with Gasteiger partial charge in [0.1, 0.15) is 0 Å². The van der Waals surface area contributed by atoms with Crippen LogP contribution in [0.25, 0.3) is 27.9 Å². The van der Waals surface area contributed by atoms with Gasteiger partial charge in [-0.15, -0.1) is 11.3 Å². The standard InChI is InChI=1S/C20H19N7OS/c1-25-6-15(4-23-25)14-3-22-18-16(5-24-27(18)7-14)13-2-17(29-8-13)19(28)26-11-20(12-26)9-21-10-20/h2-8,21H,9-12H2,1H3. The largest absolute Gasteiger partial charge is 0.336 e. The summed E-state index contributed by atoms with van der Waals surface area (Å²) in [6.07, 6.45) is 9.35. The number of aryl methyl sites for hydroxylation is 1. The molecule has 0 aromatic carbocycles. The zero-order chi connectivity index (χ0) is 19.6. The Kier molecular flexibility index (Phi) is 3.48. The van der Waals surface area contributed by atoms with E-state index in [9.17, 15) is 4.79 Å². The van der Waals surface area contributed by atoms with Gasteiger partial charge in [-0.3, -0.25) is 9.48 Å². The Morgan fingerprint density at radius 2 is 1.93 bits per heavy atom. The van der Waals surface area contributed by atoms with E-state index in [-0.39, 0.29) is 5.91 Å². The van der Waals surface area contributed by atoms with Gasteiger partial charge < -0.3 is 10.2 Å². The molecule has 2 fully saturated rings. The molecule has 29 heavy (non-hydrogen) atoms. The maximum atomic E-state index is 12.8. The maximum Gasteiger partial charge on any atom is 0.263 e. The second-order valence-electron chi connectivity index (χ2n) is 8.04. The average Bonchev–Trinajstić information content (AvgIpc) is 3.37. The maximum absolute atomic E-state index is 12.8. The van der Waals surface area contributed by atoms with Gasteiger partial charge in [-0.1, -0.05) is 0 Å². The Morgan fingerprint density at radius 3 is 2.66 bits per heavy atom. The number of hydrogen-bond donors (Lipinski definition) is 1. The fourth-order valence-electron chi connectivity index (χ4n) is 4.15. The molecular weight excluding hydrogens is 386 g/mol. The number of carbonyl (C=O) groups is 1. The first kappa shape index (κ1) is 16.9. The van der Waals surface area contributed by atoms with Crippen molar-refractivity contribution in [2.45, 2.75) is 0 Å². The first-order valence-corrected chi connectivity index (χ1v) is 10.4. The van der Waals surface area contributed by atoms with E-state index in [1.807, 2.05) is 54.4 Å². The normalized spacial score (nSPS) is 17.5. The fourth-order valence-corrected chi connectivity index (χ4v) is 5.03. The highest BCUT2D eigenvalue weighted by Gasteiger charge is 2.49. The average molecular weight is 405 g/mol. The van der Waals surface area contributed by atoms with Gasteiger partial charge in [0.2, 0.25) is 0 Å². The van der Waals surface area contributed by atoms with Crippen LogP contribution in [0.1, 0.15) is 9.67 Å². The molecule has 0 unspecified atom stereocenters. The first-order valence-electron chi connectivity index (χ1n) is 9.52. The molecule has 8 nitrogen and oxygen atoms in total. The highest BCUT2D eigenvalue weighted by atomic mass is 32.1. The summed E-state index contributed by atoms with van der Waals surface area (Å²) < 4.78 is 3.54. The molecule has 0 radical (unpaired) electrons. The summed E-state index contributed by atoms with van der Waals surface area (Å²) in [5.41, 5.74) is 4.98. The number of likely N-dealkylation sites (tertiary alicyclic amines) is 1. The van der Waals surface area contributed by atoms with Gasteiger partial charge in [0, 0.05) is 73.9 Å². The van der Waals surface area contributed by atoms with Crippen LogP contribution < -0.4 is 5.32 Å². The Balaban J connectivity index is 1.27. The van der Waals surface area contributed by atoms with Crippen molar-refractivity contribution in [3.63, 3.8) is 0 Å². The molecule has 6 rings (SSSR count). The second-order valence-corrected chi connectivity index (χ2v) is 8.95. The first-order chi connectivity index (χ1) is 14.1. The number of amides is 1. The molecule has 1 amide bonds. The molecule has 146 valence electrons. The van der Waals surface area contributed by atoms with E-state index in [4.69, 9.17) is 0 Å². The van der Waals surface area contributed by atoms with Gasteiger partial charge in [0.25, 0.3) is 5.91 Å². The summed E-state index contributed by atoms with van der Waals surface area (Å²) in [4.78, 5) is 20.1. The summed E-state index contributed by atoms with van der Waals surface area (Å²) in [7, 11) is 1.89. The molecule has 2 saturated heterocycles. The number of thiophene rings is 1. The highest BCUT2D eigenvalue weighted by molar-refractivity contribution is 7.12. The quantitative estimate of drug-likeness (QED) is 0.563. The number of fused-ring (bicyclic) bond motifs is 1. The molecule has 0 bridgehead atoms. The molecule has 0 saturated carbocycles. The molecule has 1 N–H and O–H groups in total. The van der Waals surface area contributed by atoms with E-state index >= 15 is 0 Å². The number of rotatable bonds is 3. The minimum Gasteiger partial charge on any atom is -0.336 e. The third kappa shape index (κ3) is 2.61. The molecule has 2 aliphatic rings. The van der Waals surface area contributed by atoms with Crippen LogP contribution in [0.4, 0.5) is 0 Å². The van der Waals surface area contributed by atoms with E-state index in [1.165, 1.54) is 11.3 Å². The summed E-state index contributed by atoms with van der Waals surface area (Å²) in [6.45, 7) is 3.78. The van der Waals surface area contributed by atoms with E-state index in [0.717, 1.165) is 59.0 Å². The van der Waals surface area contributed by atoms with Crippen molar-refractivity contribution in [1.82, 2.24) is 34.6 Å². The number of hydrogen-bond acceptors (Lipinski definition) is 6. The van der Waals surface area contributed by atoms with Gasteiger partial charge in [-0.05, 0) is 17.0 Å². The Labute approximate surface area is 170 Å². The van der Waals surface area contributed by atoms with Gasteiger partial charge in [-0.2, -0.15) is 10.2 Å². The minimum absolute atomic E-state index is 0.127. The van der Waals surface area contributed by atoms with Gasteiger partial charge >= 0.3 is 0 Å². The smallest absolute Gasteiger partial charge is 0.263 e. The van der Waals surface area contributed by atoms with Crippen LogP contribution in [-0.4, -0.2) is 61.4 Å². The van der Waals surface area contributed by atoms with Crippen molar-refractivity contribution in [2.75, 3.05) is 26.2 Å². The van der Waals surface area contributed by atoms with Crippen LogP contribution in [0.15, 0.2) is 42.4 Å². The molecular formula is C20H19N7OS. The van der Waals surface area contributed by atoms with E-state index in [0.29, 0.717) is 5.41 Å². The molecule has 4 aromatic rings. The number of nitrogens with one attached hydrogen (secondary N) is 1. The zero-order valence-corrected chi connectivity index (χ0v) is 16.7. The topological polar surface area (TPSA) is 80.4 Å². The van der Waals surface area contributed by atoms with Crippen molar-refractivity contribution in [3.8, 4) is 22.3 Å². The van der Waals surface area contributed by atoms with Crippen LogP contribution in [0.3, 0.4) is 0 Å². The lowest BCUT2D eigenvalue weighted by atomic mass is 9.74. The van der Waals surface area contributed by atoms with Crippen molar-refractivity contribution >= 4 is 22.9 Å². The number of carbonyl (C=O) groups excluding carboxylic acids is 1. The van der Waals surface area contributed by atoms with Crippen LogP contribution in [0, 0.1) is 5.41 Å². The Hall–Kier alpha value is -3.04. The van der Waals surface area contributed by atoms with Crippen molar-refractivity contribution in [2.24, 2.45) is 12.5 Å². The molecule has 0 aliphatic carbocycles. The molecule has 2 aliphatic heterocycles. The van der Waals surface area contributed by atoms with Crippen LogP contribution in [-0.2, 0) is 7.05 Å². The second kappa shape index (κ2) is 5.98. The molecule has 0 atom stereocenters. The van der Waals surface area contributed by atoms with Crippen molar-refractivity contribution in [3.05, 3.63) is 47.3 Å². The fraction of sp³-hybridized carbons (Fsp3) is 0.300. The summed E-state index contributed by atoms with van der Waals surface area (Å²) in [5.74, 6) is 0.127. The van der Waals surface area contributed by atoms with Crippen LogP contribution >= 0.6 is 11.3 Å². The Morgan fingerprint density at radius 1 is 1.10 bits per heavy atom. The third-order valence-electron chi connectivity index (χ3n) is 5.86. The monoisotopic (exact) mass is 405 g/mol. The summed E-state index contributed by atoms with van der Waals surface area (Å²) in [5, 5.41) is 14.0. The minimum atomic E-state index is 0.127. The van der Waals surface area contributed by atoms with Crippen LogP contribution in [0.5, 0.6) is 0 Å². The van der Waals surface area contributed by atoms with E-state index in [2.05, 4.69) is 20.5 Å². The van der Waals surface area contributed by atoms with Gasteiger partial charge in [-0.25, -0.2) is 9.50 Å². The summed E-state index contributed by atoms with van der Waals surface area (Å²) >= 11 is 1.49. The predicted molar refractivity (Wildman–Crippen MR) is 110 cm³/mol. The van der Waals surface area contributed by atoms with E-state index < -0.39 is 0 Å². The Bertz CT molecular complexity index is 1240. The summed E-state index contributed by atoms with van der Waals surface area (Å²) in [6, 6.07) is 1.96. The van der Waals surface area contributed by atoms with Gasteiger partial charge in [0.05, 0.1) is 17.3 Å². The lowest BCUT2D eigenvalue weighted by molar-refractivity contribution is -0.0245. The number of nitrogens with zero attached hydrogens (tertiary/aromatic N) is 6. The molecule has 4 aromatic heterocycles. The predicted octanol–water partition coefficient (Wildman–Crippen LogP) is 1.90. The molecule has 1 spiro atoms. The zero-order valence-electron chi connectivity index (χ0n) is 15.9. The van der Waals surface area contributed by atoms with E-state index in [1.54, 1.807) is 9.20 Å². The molecule has 9 heteroatoms. The highest BCUT2D eigenvalue weighted by Crippen LogP contribution is 2.36. The van der Waals surface area contributed by atoms with Crippen molar-refractivity contribution < 1.29 is 4.79 Å². The van der Waals surface area contributed by atoms with Crippen LogP contribution in [0.2, 0.25) is 0 Å². The molecule has 6 heterocycles. The van der Waals surface area contributed by atoms with Gasteiger partial charge in [0.15, 0.2) is 5.65 Å². The number of aromatic nitrogens is 5. The lowest BCUT2D eigenvalue weighted by Crippen LogP contribution is -2.71. The third-order valence-corrected chi connectivity index (χ3v) is 6.77.